The molecule has 0 N–H and O–H groups in total. The zero-order valence-electron chi connectivity index (χ0n) is 15.6. The third-order valence-corrected chi connectivity index (χ3v) is 4.17. The third-order valence-electron chi connectivity index (χ3n) is 4.17. The maximum Gasteiger partial charge on any atom is 0.322 e. The zero-order valence-corrected chi connectivity index (χ0v) is 15.6. The van der Waals surface area contributed by atoms with Crippen molar-refractivity contribution in [3.05, 3.63) is 70.3 Å². The first kappa shape index (κ1) is 19.5. The summed E-state index contributed by atoms with van der Waals surface area (Å²) in [6.45, 7) is 8.07. The average molecular weight is 388 g/mol. The van der Waals surface area contributed by atoms with Crippen molar-refractivity contribution in [1.82, 2.24) is 15.3 Å². The van der Waals surface area contributed by atoms with Crippen LogP contribution >= 0.6 is 0 Å². The van der Waals surface area contributed by atoms with E-state index >= 15 is 0 Å². The average Bonchev–Trinajstić information content (AvgIpc) is 3.29. The Hall–Kier alpha value is -3.23. The molecule has 0 aliphatic carbocycles. The first-order valence-corrected chi connectivity index (χ1v) is 8.41. The van der Waals surface area contributed by atoms with Crippen LogP contribution in [0.5, 0.6) is 0 Å². The molecule has 3 rings (SSSR count). The van der Waals surface area contributed by atoms with Crippen molar-refractivity contribution in [3.63, 3.8) is 0 Å². The smallest absolute Gasteiger partial charge is 0.322 e. The molecule has 7 nitrogen and oxygen atoms in total. The summed E-state index contributed by atoms with van der Waals surface area (Å²) in [6.07, 6.45) is 0.221. The maximum atomic E-state index is 13.3. The molecule has 2 aromatic heterocycles. The number of benzene rings is 1. The highest BCUT2D eigenvalue weighted by atomic mass is 19.3. The van der Waals surface area contributed by atoms with Gasteiger partial charge in [0.1, 0.15) is 0 Å². The normalized spacial score (nSPS) is 13.9. The summed E-state index contributed by atoms with van der Waals surface area (Å²) >= 11 is 0. The molecule has 0 fully saturated rings. The number of aryl methyl sites for hydroxylation is 1. The molecule has 1 unspecified atom stereocenters. The summed E-state index contributed by atoms with van der Waals surface area (Å²) in [5, 5.41) is 10.8. The predicted molar refractivity (Wildman–Crippen MR) is 96.5 cm³/mol. The lowest BCUT2D eigenvalue weighted by Gasteiger charge is -2.24. The second-order valence-electron chi connectivity index (χ2n) is 6.81. The molecule has 9 heteroatoms. The lowest BCUT2D eigenvalue weighted by Crippen LogP contribution is -2.24. The molecule has 1 atom stereocenters. The van der Waals surface area contributed by atoms with Gasteiger partial charge in [-0.25, -0.2) is 0 Å². The van der Waals surface area contributed by atoms with Crippen LogP contribution in [0.25, 0.3) is 11.4 Å². The fraction of sp³-hybridized carbons (Fsp3) is 0.316. The van der Waals surface area contributed by atoms with Crippen LogP contribution in [-0.2, 0) is 11.5 Å². The Morgan fingerprint density at radius 3 is 2.36 bits per heavy atom. The van der Waals surface area contributed by atoms with Crippen LogP contribution in [0.15, 0.2) is 56.7 Å². The molecule has 1 aromatic carbocycles. The van der Waals surface area contributed by atoms with Crippen LogP contribution in [0, 0.1) is 11.8 Å². The summed E-state index contributed by atoms with van der Waals surface area (Å²) in [7, 11) is 0. The molecule has 3 aromatic rings. The number of alkyl halides is 2. The molecular formula is C19H18F2N4O3. The molecule has 2 heterocycles. The van der Waals surface area contributed by atoms with Gasteiger partial charge in [-0.1, -0.05) is 40.2 Å². The van der Waals surface area contributed by atoms with Gasteiger partial charge >= 0.3 is 5.92 Å². The van der Waals surface area contributed by atoms with Crippen LogP contribution in [0.3, 0.4) is 0 Å². The minimum absolute atomic E-state index is 0.0168. The van der Waals surface area contributed by atoms with E-state index in [9.17, 15) is 13.7 Å². The largest absolute Gasteiger partial charge is 0.358 e. The highest BCUT2D eigenvalue weighted by Gasteiger charge is 2.40. The highest BCUT2D eigenvalue weighted by Crippen LogP contribution is 2.40. The Labute approximate surface area is 159 Å². The predicted octanol–water partition coefficient (Wildman–Crippen LogP) is 5.12. The summed E-state index contributed by atoms with van der Waals surface area (Å²) in [4.78, 5) is 15.7. The van der Waals surface area contributed by atoms with E-state index in [0.29, 0.717) is 29.5 Å². The van der Waals surface area contributed by atoms with Gasteiger partial charge in [0.05, 0.1) is 5.69 Å². The number of nitroso groups, excluding NO2 is 1. The van der Waals surface area contributed by atoms with Gasteiger partial charge < -0.3 is 9.05 Å². The number of nitrogens with zero attached hydrogens (tertiary/aromatic N) is 4. The second-order valence-corrected chi connectivity index (χ2v) is 6.81. The SMILES string of the molecule is C=C(C)CC(N=O)(c1ccc(-c2noc(C(C)(F)F)n2)cc1)c1cc(C)no1. The van der Waals surface area contributed by atoms with E-state index in [4.69, 9.17) is 4.52 Å². The standard InChI is InChI=1S/C19H18F2N4O3/c1-11(2)10-19(25-26,15-9-12(3)23-27-15)14-7-5-13(6-8-14)16-22-17(28-24-16)18(4,20)21/h5-9H,1,10H2,2-4H3. The monoisotopic (exact) mass is 388 g/mol. The van der Waals surface area contributed by atoms with Crippen molar-refractivity contribution in [1.29, 1.82) is 0 Å². The Morgan fingerprint density at radius 2 is 1.89 bits per heavy atom. The van der Waals surface area contributed by atoms with Gasteiger partial charge in [-0.05, 0) is 24.6 Å². The van der Waals surface area contributed by atoms with Crippen molar-refractivity contribution >= 4 is 0 Å². The third kappa shape index (κ3) is 3.60. The summed E-state index contributed by atoms with van der Waals surface area (Å²) in [6, 6.07) is 8.11. The molecular weight excluding hydrogens is 370 g/mol. The highest BCUT2D eigenvalue weighted by molar-refractivity contribution is 5.56. The van der Waals surface area contributed by atoms with E-state index in [-0.39, 0.29) is 12.2 Å². The van der Waals surface area contributed by atoms with Crippen LogP contribution in [0.1, 0.15) is 43.2 Å². The molecule has 146 valence electrons. The van der Waals surface area contributed by atoms with Crippen LogP contribution in [0.4, 0.5) is 8.78 Å². The minimum Gasteiger partial charge on any atom is -0.358 e. The molecule has 0 radical (unpaired) electrons. The van der Waals surface area contributed by atoms with Gasteiger partial charge in [0.25, 0.3) is 5.89 Å². The van der Waals surface area contributed by atoms with Crippen molar-refractivity contribution in [2.45, 2.75) is 38.7 Å². The van der Waals surface area contributed by atoms with Gasteiger partial charge in [-0.15, -0.1) is 11.5 Å². The van der Waals surface area contributed by atoms with Crippen molar-refractivity contribution in [2.75, 3.05) is 0 Å². The van der Waals surface area contributed by atoms with Crippen molar-refractivity contribution in [2.24, 2.45) is 5.18 Å². The van der Waals surface area contributed by atoms with Gasteiger partial charge in [-0.2, -0.15) is 13.8 Å². The molecule has 28 heavy (non-hydrogen) atoms. The van der Waals surface area contributed by atoms with Gasteiger partial charge in [0.2, 0.25) is 5.82 Å². The van der Waals surface area contributed by atoms with Gasteiger partial charge in [0.15, 0.2) is 11.3 Å². The van der Waals surface area contributed by atoms with Crippen LogP contribution < -0.4 is 0 Å². The van der Waals surface area contributed by atoms with Crippen molar-refractivity contribution < 1.29 is 17.8 Å². The van der Waals surface area contributed by atoms with Crippen LogP contribution in [0.2, 0.25) is 0 Å². The lowest BCUT2D eigenvalue weighted by atomic mass is 9.82. The second kappa shape index (κ2) is 7.06. The Balaban J connectivity index is 2.02. The fourth-order valence-corrected chi connectivity index (χ4v) is 2.87. The molecule has 0 aliphatic rings. The fourth-order valence-electron chi connectivity index (χ4n) is 2.87. The molecule has 0 amide bonds. The number of aromatic nitrogens is 3. The maximum absolute atomic E-state index is 13.3. The molecule has 0 saturated carbocycles. The van der Waals surface area contributed by atoms with E-state index in [1.807, 2.05) is 0 Å². The van der Waals surface area contributed by atoms with Crippen molar-refractivity contribution in [3.8, 4) is 11.4 Å². The molecule has 0 spiro atoms. The topological polar surface area (TPSA) is 94.4 Å². The lowest BCUT2D eigenvalue weighted by molar-refractivity contribution is -0.0158. The van der Waals surface area contributed by atoms with Gasteiger partial charge in [0, 0.05) is 25.0 Å². The van der Waals surface area contributed by atoms with E-state index in [2.05, 4.69) is 31.6 Å². The molecule has 0 bridgehead atoms. The number of hydrogen-bond donors (Lipinski definition) is 0. The Kier molecular flexibility index (Phi) is 4.93. The number of hydrogen-bond acceptors (Lipinski definition) is 7. The Morgan fingerprint density at radius 1 is 1.21 bits per heavy atom. The first-order chi connectivity index (χ1) is 13.2. The van der Waals surface area contributed by atoms with E-state index < -0.39 is 17.4 Å². The summed E-state index contributed by atoms with van der Waals surface area (Å²) in [5.74, 6) is -3.69. The van der Waals surface area contributed by atoms with E-state index in [1.54, 1.807) is 44.2 Å². The molecule has 0 saturated heterocycles. The first-order valence-electron chi connectivity index (χ1n) is 8.41. The van der Waals surface area contributed by atoms with Crippen LogP contribution in [-0.4, -0.2) is 15.3 Å². The quantitative estimate of drug-likeness (QED) is 0.412. The minimum atomic E-state index is -3.23. The molecule has 0 aliphatic heterocycles. The number of rotatable bonds is 7. The summed E-state index contributed by atoms with van der Waals surface area (Å²) < 4.78 is 36.5. The summed E-state index contributed by atoms with van der Waals surface area (Å²) in [5.41, 5.74) is 0.985. The Bertz CT molecular complexity index is 1000. The van der Waals surface area contributed by atoms with E-state index in [1.165, 1.54) is 0 Å². The van der Waals surface area contributed by atoms with E-state index in [0.717, 1.165) is 5.57 Å². The number of halogens is 2. The van der Waals surface area contributed by atoms with Gasteiger partial charge in [-0.3, -0.25) is 0 Å². The zero-order chi connectivity index (χ0) is 20.5.